The maximum atomic E-state index is 10.5. The average molecular weight is 199 g/mol. The van der Waals surface area contributed by atoms with E-state index in [1.165, 1.54) is 7.11 Å². The molecule has 0 bridgehead atoms. The second-order valence-electron chi connectivity index (χ2n) is 1.67. The lowest BCUT2D eigenvalue weighted by Crippen LogP contribution is -1.74. The van der Waals surface area contributed by atoms with Gasteiger partial charge in [-0.1, -0.05) is 0 Å². The molecule has 0 aliphatic rings. The predicted molar refractivity (Wildman–Crippen MR) is 40.7 cm³/mol. The second-order valence-corrected chi connectivity index (χ2v) is 4.54. The Hall–Kier alpha value is -0.0500. The van der Waals surface area contributed by atoms with Gasteiger partial charge in [-0.25, -0.2) is 0 Å². The fourth-order valence-corrected chi connectivity index (χ4v) is 1.32. The van der Waals surface area contributed by atoms with Gasteiger partial charge in [0.05, 0.1) is 7.11 Å². The highest BCUT2D eigenvalue weighted by molar-refractivity contribution is 7.55. The van der Waals surface area contributed by atoms with Crippen molar-refractivity contribution in [3.05, 3.63) is 11.9 Å². The summed E-state index contributed by atoms with van der Waals surface area (Å²) in [5.41, 5.74) is 0. The summed E-state index contributed by atoms with van der Waals surface area (Å²) in [5.74, 6) is 0.708. The molecule has 0 aliphatic heterocycles. The topological polar surface area (TPSA) is 83.8 Å². The third-order valence-electron chi connectivity index (χ3n) is 0.758. The van der Waals surface area contributed by atoms with Crippen LogP contribution in [0.25, 0.3) is 0 Å². The van der Waals surface area contributed by atoms with Gasteiger partial charge < -0.3 is 9.79 Å². The van der Waals surface area contributed by atoms with Crippen molar-refractivity contribution in [1.29, 1.82) is 0 Å². The van der Waals surface area contributed by atoms with Gasteiger partial charge in [-0.05, 0) is 10.6 Å². The first-order valence-electron chi connectivity index (χ1n) is 2.67. The number of hydrogen-bond donors (Lipinski definition) is 2. The van der Waals surface area contributed by atoms with Crippen molar-refractivity contribution in [3.8, 4) is 0 Å². The van der Waals surface area contributed by atoms with Gasteiger partial charge in [-0.2, -0.15) is 0 Å². The lowest BCUT2D eigenvalue weighted by Gasteiger charge is -1.90. The van der Waals surface area contributed by atoms with E-state index in [2.05, 4.69) is 4.52 Å². The van der Waals surface area contributed by atoms with E-state index in [-0.39, 0.29) is 6.16 Å². The fourth-order valence-electron chi connectivity index (χ4n) is 0.345. The molecule has 0 rings (SSSR count). The smallest absolute Gasteiger partial charge is 0.321 e. The zero-order valence-corrected chi connectivity index (χ0v) is 7.66. The maximum Gasteiger partial charge on any atom is 0.511 e. The normalized spacial score (nSPS) is 13.9. The second kappa shape index (κ2) is 4.75. The molecule has 0 saturated heterocycles. The summed E-state index contributed by atoms with van der Waals surface area (Å²) in [6.45, 7) is 0. The molecule has 0 aromatic heterocycles. The van der Waals surface area contributed by atoms with E-state index in [4.69, 9.17) is 9.79 Å². The Labute approximate surface area is 65.1 Å². The van der Waals surface area contributed by atoms with Crippen LogP contribution in [-0.4, -0.2) is 23.1 Å². The van der Waals surface area contributed by atoms with E-state index in [0.717, 1.165) is 6.08 Å². The first-order valence-corrected chi connectivity index (χ1v) is 5.72. The van der Waals surface area contributed by atoms with E-state index in [0.29, 0.717) is 5.82 Å². The maximum absolute atomic E-state index is 10.5. The molecule has 64 valence electrons. The standard InChI is InChI=1S/C4H8O5P2/c1-9-10(5)3-2-4-11(6,7)8/h2,4H,3H2,1H3,(H-,6,7,8)/p+1. The molecule has 1 unspecified atom stereocenters. The molecule has 0 heterocycles. The van der Waals surface area contributed by atoms with E-state index < -0.39 is 15.6 Å². The minimum atomic E-state index is -4.10. The van der Waals surface area contributed by atoms with Gasteiger partial charge in [0, 0.05) is 5.82 Å². The summed E-state index contributed by atoms with van der Waals surface area (Å²) in [7, 11) is -4.64. The van der Waals surface area contributed by atoms with E-state index in [1.807, 2.05) is 0 Å². The highest BCUT2D eigenvalue weighted by Crippen LogP contribution is 2.36. The van der Waals surface area contributed by atoms with Crippen LogP contribution in [0.15, 0.2) is 11.9 Å². The average Bonchev–Trinajstić information content (AvgIpc) is 1.85. The van der Waals surface area contributed by atoms with Crippen molar-refractivity contribution in [2.45, 2.75) is 0 Å². The van der Waals surface area contributed by atoms with E-state index in [1.54, 1.807) is 0 Å². The molecule has 0 aliphatic carbocycles. The van der Waals surface area contributed by atoms with Crippen molar-refractivity contribution < 1.29 is 23.4 Å². The van der Waals surface area contributed by atoms with Gasteiger partial charge in [0.1, 0.15) is 0 Å². The van der Waals surface area contributed by atoms with Crippen LogP contribution in [-0.2, 0) is 13.7 Å². The van der Waals surface area contributed by atoms with Gasteiger partial charge in [0.25, 0.3) is 0 Å². The summed E-state index contributed by atoms with van der Waals surface area (Å²) in [6, 6.07) is 0. The van der Waals surface area contributed by atoms with Crippen molar-refractivity contribution in [2.24, 2.45) is 0 Å². The van der Waals surface area contributed by atoms with Crippen molar-refractivity contribution in [3.63, 3.8) is 0 Å². The van der Waals surface area contributed by atoms with E-state index >= 15 is 0 Å². The predicted octanol–water partition coefficient (Wildman–Crippen LogP) is 1.07. The zero-order chi connectivity index (χ0) is 8.91. The van der Waals surface area contributed by atoms with Crippen LogP contribution in [0.1, 0.15) is 0 Å². The van der Waals surface area contributed by atoms with Gasteiger partial charge in [-0.3, -0.25) is 4.57 Å². The fraction of sp³-hybridized carbons (Fsp3) is 0.500. The van der Waals surface area contributed by atoms with Gasteiger partial charge in [-0.15, -0.1) is 4.52 Å². The summed E-state index contributed by atoms with van der Waals surface area (Å²) < 4.78 is 25.1. The monoisotopic (exact) mass is 199 g/mol. The van der Waals surface area contributed by atoms with Crippen molar-refractivity contribution in [1.82, 2.24) is 0 Å². The van der Waals surface area contributed by atoms with Gasteiger partial charge in [0.15, 0.2) is 6.16 Å². The quantitative estimate of drug-likeness (QED) is 0.661. The minimum Gasteiger partial charge on any atom is -0.321 e. The molecule has 1 atom stereocenters. The number of hydrogen-bond acceptors (Lipinski definition) is 3. The molecule has 0 amide bonds. The molecule has 7 heteroatoms. The van der Waals surface area contributed by atoms with Gasteiger partial charge in [0.2, 0.25) is 0 Å². The third kappa shape index (κ3) is 7.85. The molecule has 11 heavy (non-hydrogen) atoms. The Morgan fingerprint density at radius 3 is 2.55 bits per heavy atom. The minimum absolute atomic E-state index is 0.0247. The highest BCUT2D eigenvalue weighted by Gasteiger charge is 2.12. The molecule has 0 aromatic rings. The lowest BCUT2D eigenvalue weighted by atomic mass is 10.8. The van der Waals surface area contributed by atoms with Crippen LogP contribution < -0.4 is 0 Å². The zero-order valence-electron chi connectivity index (χ0n) is 5.88. The van der Waals surface area contributed by atoms with Crippen molar-refractivity contribution in [2.75, 3.05) is 13.3 Å². The molecule has 0 radical (unpaired) electrons. The number of rotatable bonds is 4. The summed E-state index contributed by atoms with van der Waals surface area (Å²) in [4.78, 5) is 16.6. The summed E-state index contributed by atoms with van der Waals surface area (Å²) in [5, 5.41) is 0. The molecule has 2 N–H and O–H groups in total. The summed E-state index contributed by atoms with van der Waals surface area (Å²) >= 11 is 0. The van der Waals surface area contributed by atoms with E-state index in [9.17, 15) is 9.13 Å². The Balaban J connectivity index is 3.79. The van der Waals surface area contributed by atoms with Crippen LogP contribution in [0.4, 0.5) is 0 Å². The van der Waals surface area contributed by atoms with Crippen LogP contribution in [0.3, 0.4) is 0 Å². The van der Waals surface area contributed by atoms with Crippen LogP contribution >= 0.6 is 15.6 Å². The number of allylic oxidation sites excluding steroid dienone is 1. The van der Waals surface area contributed by atoms with Crippen LogP contribution in [0.2, 0.25) is 0 Å². The first-order chi connectivity index (χ1) is 4.95. The first kappa shape index (κ1) is 11.0. The Bertz CT molecular complexity index is 205. The third-order valence-corrected chi connectivity index (χ3v) is 2.27. The molecular formula is C4H9O5P2+. The SMILES string of the molecule is CO[P+](=O)CC=CP(=O)(O)O. The van der Waals surface area contributed by atoms with Crippen LogP contribution in [0.5, 0.6) is 0 Å². The Morgan fingerprint density at radius 1 is 1.64 bits per heavy atom. The van der Waals surface area contributed by atoms with Gasteiger partial charge >= 0.3 is 15.6 Å². The molecule has 0 spiro atoms. The molecule has 0 saturated carbocycles. The molecular weight excluding hydrogens is 190 g/mol. The molecule has 0 fully saturated rings. The lowest BCUT2D eigenvalue weighted by molar-refractivity contribution is 0.386. The molecule has 0 aromatic carbocycles. The molecule has 5 nitrogen and oxygen atoms in total. The van der Waals surface area contributed by atoms with Crippen LogP contribution in [0, 0.1) is 0 Å². The highest BCUT2D eigenvalue weighted by atomic mass is 31.2. The largest absolute Gasteiger partial charge is 0.511 e. The Kier molecular flexibility index (Phi) is 4.73. The summed E-state index contributed by atoms with van der Waals surface area (Å²) in [6.07, 6.45) is 1.17. The Morgan fingerprint density at radius 2 is 2.18 bits per heavy atom. The van der Waals surface area contributed by atoms with Crippen molar-refractivity contribution >= 4 is 15.6 Å².